The molecular formula is C12H15ClF3N. The highest BCUT2D eigenvalue weighted by molar-refractivity contribution is 6.18. The van der Waals surface area contributed by atoms with Crippen LogP contribution in [-0.4, -0.2) is 11.9 Å². The van der Waals surface area contributed by atoms with Crippen LogP contribution in [0, 0.1) is 5.92 Å². The van der Waals surface area contributed by atoms with Gasteiger partial charge in [0.05, 0.1) is 5.56 Å². The van der Waals surface area contributed by atoms with Gasteiger partial charge in [-0.2, -0.15) is 13.2 Å². The van der Waals surface area contributed by atoms with Crippen molar-refractivity contribution in [1.82, 2.24) is 0 Å². The van der Waals surface area contributed by atoms with Gasteiger partial charge in [-0.05, 0) is 18.1 Å². The lowest BCUT2D eigenvalue weighted by Gasteiger charge is -2.23. The lowest BCUT2D eigenvalue weighted by molar-refractivity contribution is -0.137. The van der Waals surface area contributed by atoms with Gasteiger partial charge in [-0.3, -0.25) is 0 Å². The van der Waals surface area contributed by atoms with Gasteiger partial charge in [0, 0.05) is 17.6 Å². The Balaban J connectivity index is 2.98. The fourth-order valence-electron chi connectivity index (χ4n) is 1.44. The number of halogens is 4. The minimum atomic E-state index is -4.35. The van der Waals surface area contributed by atoms with Gasteiger partial charge in [-0.25, -0.2) is 0 Å². The maximum Gasteiger partial charge on any atom is 0.418 e. The summed E-state index contributed by atoms with van der Waals surface area (Å²) in [6.45, 7) is 3.83. The summed E-state index contributed by atoms with van der Waals surface area (Å²) in [5.41, 5.74) is -0.574. The summed E-state index contributed by atoms with van der Waals surface area (Å²) in [6.07, 6.45) is -4.35. The van der Waals surface area contributed by atoms with E-state index >= 15 is 0 Å². The van der Waals surface area contributed by atoms with E-state index < -0.39 is 11.7 Å². The third kappa shape index (κ3) is 3.80. The summed E-state index contributed by atoms with van der Waals surface area (Å²) in [4.78, 5) is 0. The number of para-hydroxylation sites is 1. The molecule has 0 saturated heterocycles. The number of nitrogens with one attached hydrogen (secondary N) is 1. The number of hydrogen-bond acceptors (Lipinski definition) is 1. The Morgan fingerprint density at radius 2 is 1.82 bits per heavy atom. The van der Waals surface area contributed by atoms with Gasteiger partial charge in [-0.1, -0.05) is 26.0 Å². The average Bonchev–Trinajstić information content (AvgIpc) is 2.24. The quantitative estimate of drug-likeness (QED) is 0.797. The topological polar surface area (TPSA) is 12.0 Å². The van der Waals surface area contributed by atoms with Crippen molar-refractivity contribution in [3.63, 3.8) is 0 Å². The fourth-order valence-corrected chi connectivity index (χ4v) is 1.87. The summed E-state index contributed by atoms with van der Waals surface area (Å²) in [5, 5.41) is 2.85. The third-order valence-electron chi connectivity index (χ3n) is 2.54. The molecule has 0 saturated carbocycles. The Labute approximate surface area is 104 Å². The van der Waals surface area contributed by atoms with E-state index in [1.54, 1.807) is 6.07 Å². The molecule has 0 aliphatic rings. The molecule has 1 aromatic carbocycles. The van der Waals surface area contributed by atoms with Crippen LogP contribution >= 0.6 is 11.6 Å². The van der Waals surface area contributed by atoms with Crippen LogP contribution in [-0.2, 0) is 6.18 Å². The monoisotopic (exact) mass is 265 g/mol. The summed E-state index contributed by atoms with van der Waals surface area (Å²) in [7, 11) is 0. The Kier molecular flexibility index (Phi) is 4.69. The largest absolute Gasteiger partial charge is 0.418 e. The Bertz CT molecular complexity index is 363. The van der Waals surface area contributed by atoms with Crippen LogP contribution in [0.5, 0.6) is 0 Å². The predicted molar refractivity (Wildman–Crippen MR) is 64.4 cm³/mol. The van der Waals surface area contributed by atoms with Crippen LogP contribution in [0.2, 0.25) is 0 Å². The fraction of sp³-hybridized carbons (Fsp3) is 0.500. The molecule has 1 rings (SSSR count). The summed E-state index contributed by atoms with van der Waals surface area (Å²) in [5.74, 6) is 0.429. The molecule has 0 radical (unpaired) electrons. The van der Waals surface area contributed by atoms with E-state index in [9.17, 15) is 13.2 Å². The lowest BCUT2D eigenvalue weighted by atomic mass is 10.0. The maximum absolute atomic E-state index is 12.7. The Hall–Kier alpha value is -0.900. The molecule has 0 aliphatic carbocycles. The zero-order chi connectivity index (χ0) is 13.1. The summed E-state index contributed by atoms with van der Waals surface area (Å²) >= 11 is 5.74. The number of rotatable bonds is 4. The van der Waals surface area contributed by atoms with Crippen LogP contribution in [0.15, 0.2) is 24.3 Å². The second-order valence-electron chi connectivity index (χ2n) is 4.19. The van der Waals surface area contributed by atoms with Crippen molar-refractivity contribution in [1.29, 1.82) is 0 Å². The van der Waals surface area contributed by atoms with Gasteiger partial charge in [0.25, 0.3) is 0 Å². The molecule has 5 heteroatoms. The van der Waals surface area contributed by atoms with Crippen LogP contribution in [0.25, 0.3) is 0 Å². The van der Waals surface area contributed by atoms with E-state index in [1.165, 1.54) is 12.1 Å². The van der Waals surface area contributed by atoms with E-state index in [0.717, 1.165) is 6.07 Å². The number of alkyl halides is 4. The Morgan fingerprint density at radius 1 is 1.24 bits per heavy atom. The molecule has 0 bridgehead atoms. The zero-order valence-electron chi connectivity index (χ0n) is 9.68. The summed E-state index contributed by atoms with van der Waals surface area (Å²) < 4.78 is 38.2. The van der Waals surface area contributed by atoms with Crippen molar-refractivity contribution in [2.75, 3.05) is 11.2 Å². The molecule has 1 unspecified atom stereocenters. The summed E-state index contributed by atoms with van der Waals surface area (Å²) in [6, 6.07) is 5.25. The number of anilines is 1. The molecule has 96 valence electrons. The lowest BCUT2D eigenvalue weighted by Crippen LogP contribution is -2.28. The first-order chi connectivity index (χ1) is 7.86. The van der Waals surface area contributed by atoms with Crippen LogP contribution in [0.3, 0.4) is 0 Å². The highest BCUT2D eigenvalue weighted by atomic mass is 35.5. The second kappa shape index (κ2) is 5.63. The average molecular weight is 266 g/mol. The van der Waals surface area contributed by atoms with Crippen LogP contribution < -0.4 is 5.32 Å². The zero-order valence-corrected chi connectivity index (χ0v) is 10.4. The van der Waals surface area contributed by atoms with E-state index in [-0.39, 0.29) is 23.5 Å². The highest BCUT2D eigenvalue weighted by Crippen LogP contribution is 2.35. The molecule has 1 aromatic rings. The minimum absolute atomic E-state index is 0.0827. The first-order valence-electron chi connectivity index (χ1n) is 5.35. The van der Waals surface area contributed by atoms with Crippen LogP contribution in [0.4, 0.5) is 18.9 Å². The van der Waals surface area contributed by atoms with E-state index in [1.807, 2.05) is 13.8 Å². The van der Waals surface area contributed by atoms with E-state index in [2.05, 4.69) is 5.32 Å². The van der Waals surface area contributed by atoms with Gasteiger partial charge < -0.3 is 5.32 Å². The number of hydrogen-bond donors (Lipinski definition) is 1. The van der Waals surface area contributed by atoms with E-state index in [4.69, 9.17) is 11.6 Å². The maximum atomic E-state index is 12.7. The van der Waals surface area contributed by atoms with Crippen molar-refractivity contribution < 1.29 is 13.2 Å². The highest BCUT2D eigenvalue weighted by Gasteiger charge is 2.33. The van der Waals surface area contributed by atoms with Crippen molar-refractivity contribution in [2.24, 2.45) is 5.92 Å². The molecule has 1 N–H and O–H groups in total. The van der Waals surface area contributed by atoms with Gasteiger partial charge in [0.2, 0.25) is 0 Å². The molecule has 0 spiro atoms. The van der Waals surface area contributed by atoms with Gasteiger partial charge >= 0.3 is 6.18 Å². The molecule has 0 heterocycles. The minimum Gasteiger partial charge on any atom is -0.380 e. The van der Waals surface area contributed by atoms with Crippen molar-refractivity contribution in [2.45, 2.75) is 26.1 Å². The van der Waals surface area contributed by atoms with Crippen LogP contribution in [0.1, 0.15) is 19.4 Å². The van der Waals surface area contributed by atoms with Gasteiger partial charge in [0.15, 0.2) is 0 Å². The van der Waals surface area contributed by atoms with Crippen molar-refractivity contribution >= 4 is 17.3 Å². The first-order valence-corrected chi connectivity index (χ1v) is 5.88. The van der Waals surface area contributed by atoms with Gasteiger partial charge in [-0.15, -0.1) is 11.6 Å². The van der Waals surface area contributed by atoms with Crippen molar-refractivity contribution in [3.8, 4) is 0 Å². The molecule has 0 fully saturated rings. The predicted octanol–water partition coefficient (Wildman–Crippen LogP) is 4.38. The first kappa shape index (κ1) is 14.2. The second-order valence-corrected chi connectivity index (χ2v) is 4.50. The van der Waals surface area contributed by atoms with Crippen molar-refractivity contribution in [3.05, 3.63) is 29.8 Å². The van der Waals surface area contributed by atoms with Gasteiger partial charge in [0.1, 0.15) is 0 Å². The standard InChI is InChI=1S/C12H15ClF3N/c1-8(2)11(7-13)17-10-6-4-3-5-9(10)12(14,15)16/h3-6,8,11,17H,7H2,1-2H3. The normalized spacial score (nSPS) is 13.8. The molecular weight excluding hydrogens is 251 g/mol. The molecule has 0 aliphatic heterocycles. The molecule has 0 amide bonds. The molecule has 0 aromatic heterocycles. The smallest absolute Gasteiger partial charge is 0.380 e. The SMILES string of the molecule is CC(C)C(CCl)Nc1ccccc1C(F)(F)F. The molecule has 17 heavy (non-hydrogen) atoms. The third-order valence-corrected chi connectivity index (χ3v) is 2.88. The molecule has 1 nitrogen and oxygen atoms in total. The molecule has 1 atom stereocenters. The Morgan fingerprint density at radius 3 is 2.29 bits per heavy atom. The van der Waals surface area contributed by atoms with E-state index in [0.29, 0.717) is 0 Å². The number of benzene rings is 1.